The largest absolute Gasteiger partial charge is 0.380 e. The molecule has 0 radical (unpaired) electrons. The van der Waals surface area contributed by atoms with Crippen molar-refractivity contribution in [3.63, 3.8) is 0 Å². The first-order valence-electron chi connectivity index (χ1n) is 8.92. The molecule has 3 aromatic rings. The molecule has 1 fully saturated rings. The van der Waals surface area contributed by atoms with E-state index in [4.69, 9.17) is 4.74 Å². The van der Waals surface area contributed by atoms with Gasteiger partial charge in [0.15, 0.2) is 5.82 Å². The van der Waals surface area contributed by atoms with E-state index in [1.54, 1.807) is 7.11 Å². The summed E-state index contributed by atoms with van der Waals surface area (Å²) in [6, 6.07) is 6.76. The summed E-state index contributed by atoms with van der Waals surface area (Å²) in [6.45, 7) is 2.84. The van der Waals surface area contributed by atoms with Gasteiger partial charge in [0, 0.05) is 38.6 Å². The SMILES string of the molecule is CO[C@@H]1C[C@@H](c2nnc3n2CCC3)N(Cc2ccc3cn[nH]c3c2)C1. The Morgan fingerprint density at radius 3 is 3.20 bits per heavy atom. The number of methoxy groups -OCH3 is 1. The molecule has 1 saturated heterocycles. The van der Waals surface area contributed by atoms with Crippen molar-refractivity contribution in [1.82, 2.24) is 29.9 Å². The Kier molecular flexibility index (Phi) is 3.57. The number of aryl methyl sites for hydroxylation is 1. The number of benzene rings is 1. The van der Waals surface area contributed by atoms with Crippen LogP contribution in [-0.4, -0.2) is 49.6 Å². The fourth-order valence-corrected chi connectivity index (χ4v) is 4.21. The minimum Gasteiger partial charge on any atom is -0.380 e. The van der Waals surface area contributed by atoms with E-state index in [1.807, 2.05) is 6.20 Å². The predicted octanol–water partition coefficient (Wildman–Crippen LogP) is 2.06. The predicted molar refractivity (Wildman–Crippen MR) is 93.0 cm³/mol. The van der Waals surface area contributed by atoms with Gasteiger partial charge in [-0.25, -0.2) is 0 Å². The standard InChI is InChI=1S/C18H22N6O/c1-25-14-8-16(18-22-21-17-3-2-6-24(17)18)23(11-14)10-12-4-5-13-9-19-20-15(13)7-12/h4-5,7,9,14,16H,2-3,6,8,10-11H2,1H3,(H,19,20)/t14-,16+/m1/s1. The monoisotopic (exact) mass is 338 g/mol. The fourth-order valence-electron chi connectivity index (χ4n) is 4.21. The van der Waals surface area contributed by atoms with Crippen LogP contribution in [0.4, 0.5) is 0 Å². The van der Waals surface area contributed by atoms with Gasteiger partial charge in [0.1, 0.15) is 5.82 Å². The van der Waals surface area contributed by atoms with Gasteiger partial charge in [-0.15, -0.1) is 10.2 Å². The summed E-state index contributed by atoms with van der Waals surface area (Å²) in [5, 5.41) is 17.2. The molecule has 25 heavy (non-hydrogen) atoms. The molecule has 7 heteroatoms. The molecule has 2 aliphatic heterocycles. The second-order valence-electron chi connectivity index (χ2n) is 7.06. The smallest absolute Gasteiger partial charge is 0.150 e. The quantitative estimate of drug-likeness (QED) is 0.788. The maximum atomic E-state index is 5.67. The fraction of sp³-hybridized carbons (Fsp3) is 0.500. The number of ether oxygens (including phenoxy) is 1. The van der Waals surface area contributed by atoms with E-state index >= 15 is 0 Å². The molecule has 0 aliphatic carbocycles. The number of fused-ring (bicyclic) bond motifs is 2. The van der Waals surface area contributed by atoms with Crippen LogP contribution >= 0.6 is 0 Å². The Balaban J connectivity index is 1.44. The van der Waals surface area contributed by atoms with Crippen LogP contribution in [0.1, 0.15) is 36.1 Å². The summed E-state index contributed by atoms with van der Waals surface area (Å²) in [7, 11) is 1.80. The van der Waals surface area contributed by atoms with Crippen LogP contribution in [0.5, 0.6) is 0 Å². The minimum absolute atomic E-state index is 0.246. The summed E-state index contributed by atoms with van der Waals surface area (Å²) in [6.07, 6.45) is 5.30. The third-order valence-corrected chi connectivity index (χ3v) is 5.53. The molecular weight excluding hydrogens is 316 g/mol. The average molecular weight is 338 g/mol. The number of likely N-dealkylation sites (tertiary alicyclic amines) is 1. The number of H-pyrrole nitrogens is 1. The number of rotatable bonds is 4. The van der Waals surface area contributed by atoms with E-state index in [2.05, 4.69) is 48.1 Å². The van der Waals surface area contributed by atoms with Crippen LogP contribution in [0.2, 0.25) is 0 Å². The third kappa shape index (κ3) is 2.54. The summed E-state index contributed by atoms with van der Waals surface area (Å²) in [5.41, 5.74) is 2.36. The molecule has 1 aromatic carbocycles. The van der Waals surface area contributed by atoms with Crippen molar-refractivity contribution in [2.24, 2.45) is 0 Å². The molecule has 2 aliphatic rings. The molecular formula is C18H22N6O. The summed E-state index contributed by atoms with van der Waals surface area (Å²) >= 11 is 0. The van der Waals surface area contributed by atoms with Gasteiger partial charge in [-0.2, -0.15) is 5.10 Å². The lowest BCUT2D eigenvalue weighted by atomic mass is 10.1. The molecule has 2 aromatic heterocycles. The number of hydrogen-bond donors (Lipinski definition) is 1. The van der Waals surface area contributed by atoms with Gasteiger partial charge in [-0.1, -0.05) is 12.1 Å². The Morgan fingerprint density at radius 2 is 2.28 bits per heavy atom. The number of nitrogens with zero attached hydrogens (tertiary/aromatic N) is 5. The lowest BCUT2D eigenvalue weighted by Crippen LogP contribution is -2.26. The molecule has 0 amide bonds. The molecule has 1 N–H and O–H groups in total. The zero-order valence-electron chi connectivity index (χ0n) is 14.4. The van der Waals surface area contributed by atoms with Crippen LogP contribution in [0, 0.1) is 0 Å². The highest BCUT2D eigenvalue weighted by Gasteiger charge is 2.37. The minimum atomic E-state index is 0.246. The number of hydrogen-bond acceptors (Lipinski definition) is 5. The van der Waals surface area contributed by atoms with Gasteiger partial charge in [0.05, 0.1) is 23.9 Å². The molecule has 0 bridgehead atoms. The number of nitrogens with one attached hydrogen (secondary N) is 1. The van der Waals surface area contributed by atoms with E-state index in [0.717, 1.165) is 55.0 Å². The highest BCUT2D eigenvalue weighted by Crippen LogP contribution is 2.35. The summed E-state index contributed by atoms with van der Waals surface area (Å²) < 4.78 is 7.98. The maximum Gasteiger partial charge on any atom is 0.150 e. The zero-order chi connectivity index (χ0) is 16.8. The van der Waals surface area contributed by atoms with Gasteiger partial charge < -0.3 is 9.30 Å². The van der Waals surface area contributed by atoms with Crippen molar-refractivity contribution < 1.29 is 4.74 Å². The lowest BCUT2D eigenvalue weighted by Gasteiger charge is -2.23. The van der Waals surface area contributed by atoms with Crippen LogP contribution in [0.3, 0.4) is 0 Å². The van der Waals surface area contributed by atoms with Gasteiger partial charge in [0.2, 0.25) is 0 Å². The molecule has 130 valence electrons. The Hall–Kier alpha value is -2.25. The highest BCUT2D eigenvalue weighted by molar-refractivity contribution is 5.78. The number of aromatic amines is 1. The second kappa shape index (κ2) is 5.93. The Bertz CT molecular complexity index is 900. The Morgan fingerprint density at radius 1 is 1.32 bits per heavy atom. The van der Waals surface area contributed by atoms with Crippen LogP contribution in [0.15, 0.2) is 24.4 Å². The maximum absolute atomic E-state index is 5.67. The van der Waals surface area contributed by atoms with Gasteiger partial charge in [-0.05, 0) is 24.5 Å². The van der Waals surface area contributed by atoms with Crippen molar-refractivity contribution in [2.75, 3.05) is 13.7 Å². The molecule has 7 nitrogen and oxygen atoms in total. The second-order valence-corrected chi connectivity index (χ2v) is 7.06. The first kappa shape index (κ1) is 15.0. The van der Waals surface area contributed by atoms with E-state index in [-0.39, 0.29) is 12.1 Å². The molecule has 5 rings (SSSR count). The topological polar surface area (TPSA) is 71.9 Å². The van der Waals surface area contributed by atoms with Crippen molar-refractivity contribution in [3.8, 4) is 0 Å². The Labute approximate surface area is 146 Å². The molecule has 4 heterocycles. The van der Waals surface area contributed by atoms with Crippen LogP contribution < -0.4 is 0 Å². The van der Waals surface area contributed by atoms with Gasteiger partial charge in [0.25, 0.3) is 0 Å². The molecule has 0 unspecified atom stereocenters. The van der Waals surface area contributed by atoms with E-state index in [9.17, 15) is 0 Å². The number of aromatic nitrogens is 5. The summed E-state index contributed by atoms with van der Waals surface area (Å²) in [4.78, 5) is 2.47. The zero-order valence-corrected chi connectivity index (χ0v) is 14.4. The molecule has 2 atom stereocenters. The van der Waals surface area contributed by atoms with Crippen molar-refractivity contribution >= 4 is 10.9 Å². The highest BCUT2D eigenvalue weighted by atomic mass is 16.5. The van der Waals surface area contributed by atoms with E-state index in [1.165, 1.54) is 12.0 Å². The van der Waals surface area contributed by atoms with Gasteiger partial charge >= 0.3 is 0 Å². The molecule has 0 saturated carbocycles. The van der Waals surface area contributed by atoms with E-state index in [0.29, 0.717) is 0 Å². The first-order chi connectivity index (χ1) is 12.3. The average Bonchev–Trinajstić information content (AvgIpc) is 3.38. The lowest BCUT2D eigenvalue weighted by molar-refractivity contribution is 0.107. The van der Waals surface area contributed by atoms with Gasteiger partial charge in [-0.3, -0.25) is 10.00 Å². The first-order valence-corrected chi connectivity index (χ1v) is 8.92. The van der Waals surface area contributed by atoms with Crippen molar-refractivity contribution in [2.45, 2.75) is 44.5 Å². The van der Waals surface area contributed by atoms with Crippen LogP contribution in [0.25, 0.3) is 10.9 Å². The van der Waals surface area contributed by atoms with Crippen molar-refractivity contribution in [3.05, 3.63) is 41.6 Å². The van der Waals surface area contributed by atoms with E-state index < -0.39 is 0 Å². The molecule has 0 spiro atoms. The normalized spacial score (nSPS) is 23.6. The summed E-state index contributed by atoms with van der Waals surface area (Å²) in [5.74, 6) is 2.24. The van der Waals surface area contributed by atoms with Crippen molar-refractivity contribution in [1.29, 1.82) is 0 Å². The van der Waals surface area contributed by atoms with Crippen LogP contribution in [-0.2, 0) is 24.2 Å². The third-order valence-electron chi connectivity index (χ3n) is 5.53.